The Bertz CT molecular complexity index is 588. The van der Waals surface area contributed by atoms with Crippen molar-refractivity contribution in [2.45, 2.75) is 19.9 Å². The first kappa shape index (κ1) is 13.9. The number of allylic oxidation sites excluding steroid dienone is 1. The van der Waals surface area contributed by atoms with Crippen molar-refractivity contribution in [2.24, 2.45) is 4.99 Å². The molecule has 1 aromatic carbocycles. The van der Waals surface area contributed by atoms with Crippen molar-refractivity contribution in [3.05, 3.63) is 45.1 Å². The van der Waals surface area contributed by atoms with Gasteiger partial charge in [-0.25, -0.2) is 4.79 Å². The van der Waals surface area contributed by atoms with Crippen molar-refractivity contribution < 1.29 is 9.90 Å². The molecule has 1 atom stereocenters. The molecule has 2 rings (SSSR count). The van der Waals surface area contributed by atoms with Crippen molar-refractivity contribution in [1.29, 1.82) is 0 Å². The smallest absolute Gasteiger partial charge is 0.335 e. The van der Waals surface area contributed by atoms with E-state index in [9.17, 15) is 9.90 Å². The maximum Gasteiger partial charge on any atom is 0.335 e. The van der Waals surface area contributed by atoms with Crippen LogP contribution in [0.3, 0.4) is 0 Å². The highest BCUT2D eigenvalue weighted by Gasteiger charge is 2.28. The summed E-state index contributed by atoms with van der Waals surface area (Å²) < 4.78 is 0. The second-order valence-electron chi connectivity index (χ2n) is 4.29. The minimum atomic E-state index is -1.01. The summed E-state index contributed by atoms with van der Waals surface area (Å²) in [4.78, 5) is 15.7. The third-order valence-electron chi connectivity index (χ3n) is 2.80. The molecule has 0 saturated carbocycles. The summed E-state index contributed by atoms with van der Waals surface area (Å²) in [7, 11) is 0. The van der Waals surface area contributed by atoms with Gasteiger partial charge in [-0.3, -0.25) is 4.99 Å². The molecular formula is C13H12Cl2N2O2. The van der Waals surface area contributed by atoms with Gasteiger partial charge in [-0.1, -0.05) is 23.2 Å². The van der Waals surface area contributed by atoms with Gasteiger partial charge in [-0.05, 0) is 37.6 Å². The Morgan fingerprint density at radius 1 is 1.26 bits per heavy atom. The number of aliphatic carboxylic acids is 1. The average molecular weight is 299 g/mol. The third-order valence-corrected chi connectivity index (χ3v) is 3.24. The molecule has 4 nitrogen and oxygen atoms in total. The lowest BCUT2D eigenvalue weighted by atomic mass is 9.96. The van der Waals surface area contributed by atoms with E-state index in [0.717, 1.165) is 0 Å². The lowest BCUT2D eigenvalue weighted by Gasteiger charge is -2.24. The Morgan fingerprint density at radius 2 is 1.84 bits per heavy atom. The molecule has 0 spiro atoms. The van der Waals surface area contributed by atoms with Crippen LogP contribution in [0.2, 0.25) is 10.0 Å². The molecule has 0 radical (unpaired) electrons. The van der Waals surface area contributed by atoms with Gasteiger partial charge in [0, 0.05) is 15.7 Å². The van der Waals surface area contributed by atoms with Gasteiger partial charge in [0.05, 0.1) is 11.4 Å². The molecule has 1 aliphatic heterocycles. The number of carboxylic acid groups (broad SMARTS) is 1. The van der Waals surface area contributed by atoms with Crippen LogP contribution in [-0.4, -0.2) is 16.9 Å². The average Bonchev–Trinajstić information content (AvgIpc) is 2.25. The molecule has 0 bridgehead atoms. The van der Waals surface area contributed by atoms with Crippen molar-refractivity contribution in [3.8, 4) is 0 Å². The van der Waals surface area contributed by atoms with Gasteiger partial charge in [0.1, 0.15) is 6.04 Å². The molecule has 1 heterocycles. The van der Waals surface area contributed by atoms with E-state index in [4.69, 9.17) is 23.2 Å². The topological polar surface area (TPSA) is 61.7 Å². The zero-order valence-electron chi connectivity index (χ0n) is 10.4. The number of rotatable bonds is 2. The lowest BCUT2D eigenvalue weighted by molar-refractivity contribution is -0.133. The molecule has 0 fully saturated rings. The number of hydrogen-bond acceptors (Lipinski definition) is 3. The van der Waals surface area contributed by atoms with Crippen LogP contribution in [0, 0.1) is 0 Å². The summed E-state index contributed by atoms with van der Waals surface area (Å²) in [5, 5.41) is 13.2. The normalized spacial score (nSPS) is 18.9. The molecule has 6 heteroatoms. The first-order chi connectivity index (χ1) is 8.88. The first-order valence-electron chi connectivity index (χ1n) is 5.60. The van der Waals surface area contributed by atoms with Gasteiger partial charge in [0.2, 0.25) is 0 Å². The van der Waals surface area contributed by atoms with Gasteiger partial charge < -0.3 is 10.4 Å². The van der Waals surface area contributed by atoms with E-state index in [1.165, 1.54) is 0 Å². The van der Waals surface area contributed by atoms with Crippen LogP contribution in [0.1, 0.15) is 25.5 Å². The van der Waals surface area contributed by atoms with Gasteiger partial charge >= 0.3 is 5.97 Å². The summed E-state index contributed by atoms with van der Waals surface area (Å²) in [6, 6.07) is 4.35. The number of carboxylic acids is 1. The van der Waals surface area contributed by atoms with Crippen LogP contribution in [0.25, 0.3) is 0 Å². The molecule has 0 aromatic heterocycles. The van der Waals surface area contributed by atoms with Crippen molar-refractivity contribution >= 4 is 35.0 Å². The van der Waals surface area contributed by atoms with Gasteiger partial charge in [0.15, 0.2) is 0 Å². The van der Waals surface area contributed by atoms with E-state index < -0.39 is 12.0 Å². The summed E-state index contributed by atoms with van der Waals surface area (Å²) in [6.45, 7) is 3.49. The summed E-state index contributed by atoms with van der Waals surface area (Å²) >= 11 is 11.9. The lowest BCUT2D eigenvalue weighted by Crippen LogP contribution is -2.29. The molecule has 0 aliphatic carbocycles. The fourth-order valence-corrected chi connectivity index (χ4v) is 2.63. The maximum atomic E-state index is 11.4. The van der Waals surface area contributed by atoms with E-state index in [0.29, 0.717) is 27.1 Å². The monoisotopic (exact) mass is 298 g/mol. The number of benzene rings is 1. The molecule has 2 N–H and O–H groups in total. The van der Waals surface area contributed by atoms with Crippen molar-refractivity contribution in [1.82, 2.24) is 5.32 Å². The van der Waals surface area contributed by atoms with E-state index >= 15 is 0 Å². The zero-order valence-corrected chi connectivity index (χ0v) is 11.9. The number of hydrogen-bond donors (Lipinski definition) is 2. The highest BCUT2D eigenvalue weighted by molar-refractivity contribution is 6.34. The van der Waals surface area contributed by atoms with Crippen LogP contribution in [0.5, 0.6) is 0 Å². The highest BCUT2D eigenvalue weighted by atomic mass is 35.5. The van der Waals surface area contributed by atoms with Crippen LogP contribution in [0.15, 0.2) is 34.5 Å². The second-order valence-corrected chi connectivity index (χ2v) is 5.16. The zero-order chi connectivity index (χ0) is 14.2. The van der Waals surface area contributed by atoms with Crippen LogP contribution >= 0.6 is 23.2 Å². The number of halogens is 2. The number of nitrogens with zero attached hydrogens (tertiary/aromatic N) is 1. The molecule has 0 saturated heterocycles. The van der Waals surface area contributed by atoms with Gasteiger partial charge in [0.25, 0.3) is 0 Å². The Labute approximate surface area is 120 Å². The number of amidine groups is 1. The van der Waals surface area contributed by atoms with Gasteiger partial charge in [-0.15, -0.1) is 0 Å². The molecule has 1 aromatic rings. The fraction of sp³-hybridized carbons (Fsp3) is 0.231. The summed E-state index contributed by atoms with van der Waals surface area (Å²) in [5.74, 6) is -0.356. The number of carbonyl (C=O) groups is 1. The van der Waals surface area contributed by atoms with Crippen LogP contribution < -0.4 is 5.32 Å². The van der Waals surface area contributed by atoms with E-state index in [1.54, 1.807) is 32.0 Å². The SMILES string of the molecule is CC1=NC(c2cc(Cl)cc(Cl)c2)C(C(=O)O)=C(C)N1. The molecular weight excluding hydrogens is 287 g/mol. The minimum absolute atomic E-state index is 0.198. The Kier molecular flexibility index (Phi) is 3.83. The largest absolute Gasteiger partial charge is 0.478 e. The molecule has 19 heavy (non-hydrogen) atoms. The van der Waals surface area contributed by atoms with Gasteiger partial charge in [-0.2, -0.15) is 0 Å². The highest BCUT2D eigenvalue weighted by Crippen LogP contribution is 2.33. The van der Waals surface area contributed by atoms with E-state index in [-0.39, 0.29) is 5.57 Å². The Hall–Kier alpha value is -1.52. The van der Waals surface area contributed by atoms with E-state index in [1.807, 2.05) is 0 Å². The van der Waals surface area contributed by atoms with E-state index in [2.05, 4.69) is 10.3 Å². The third kappa shape index (κ3) is 2.91. The molecule has 0 amide bonds. The predicted octanol–water partition coefficient (Wildman–Crippen LogP) is 3.41. The minimum Gasteiger partial charge on any atom is -0.478 e. The quantitative estimate of drug-likeness (QED) is 0.879. The first-order valence-corrected chi connectivity index (χ1v) is 6.35. The summed E-state index contributed by atoms with van der Waals surface area (Å²) in [5.41, 5.74) is 1.43. The summed E-state index contributed by atoms with van der Waals surface area (Å²) in [6.07, 6.45) is 0. The van der Waals surface area contributed by atoms with Crippen molar-refractivity contribution in [3.63, 3.8) is 0 Å². The van der Waals surface area contributed by atoms with Crippen LogP contribution in [0.4, 0.5) is 0 Å². The maximum absolute atomic E-state index is 11.4. The standard InChI is InChI=1S/C13H12Cl2N2O2/c1-6-11(13(18)19)12(17-7(2)16-6)8-3-9(14)5-10(15)4-8/h3-5,12H,1-2H3,(H,16,17)(H,18,19). The second kappa shape index (κ2) is 5.23. The Balaban J connectivity index is 2.56. The molecule has 1 aliphatic rings. The number of aliphatic imine (C=N–C) groups is 1. The molecule has 1 unspecified atom stereocenters. The predicted molar refractivity (Wildman–Crippen MR) is 75.8 cm³/mol. The molecule has 100 valence electrons. The van der Waals surface area contributed by atoms with Crippen molar-refractivity contribution in [2.75, 3.05) is 0 Å². The van der Waals surface area contributed by atoms with Crippen LogP contribution in [-0.2, 0) is 4.79 Å². The fourth-order valence-electron chi connectivity index (χ4n) is 2.09. The Morgan fingerprint density at radius 3 is 2.37 bits per heavy atom. The number of nitrogens with one attached hydrogen (secondary N) is 1.